The molecule has 0 spiro atoms. The molecule has 5 fully saturated rings. The van der Waals surface area contributed by atoms with E-state index >= 15 is 0 Å². The number of benzene rings is 6. The van der Waals surface area contributed by atoms with Crippen LogP contribution in [0.1, 0.15) is 107 Å². The number of amides is 3. The van der Waals surface area contributed by atoms with Gasteiger partial charge in [0.15, 0.2) is 8.32 Å². The number of aliphatic hydroxyl groups is 1. The number of ether oxygens (including phenoxy) is 6. The van der Waals surface area contributed by atoms with Crippen molar-refractivity contribution < 1.29 is 52.3 Å². The average Bonchev–Trinajstić information content (AvgIpc) is 1.60. The van der Waals surface area contributed by atoms with E-state index in [9.17, 15) is 19.5 Å². The van der Waals surface area contributed by atoms with Crippen LogP contribution in [0.2, 0.25) is 43.9 Å². The van der Waals surface area contributed by atoms with Gasteiger partial charge in [0.1, 0.15) is 68.0 Å². The van der Waals surface area contributed by atoms with Crippen LogP contribution in [0.15, 0.2) is 205 Å². The van der Waals surface area contributed by atoms with E-state index in [0.717, 1.165) is 112 Å². The molecule has 0 bridgehead atoms. The van der Waals surface area contributed by atoms with E-state index in [1.807, 2.05) is 66.9 Å². The Hall–Kier alpha value is -9.64. The lowest BCUT2D eigenvalue weighted by Crippen LogP contribution is -2.43. The lowest BCUT2D eigenvalue weighted by atomic mass is 10.1. The molecule has 2 N–H and O–H groups in total. The van der Waals surface area contributed by atoms with Crippen molar-refractivity contribution in [3.8, 4) is 5.88 Å². The van der Waals surface area contributed by atoms with Crippen LogP contribution in [0, 0.1) is 0 Å². The van der Waals surface area contributed by atoms with Gasteiger partial charge < -0.3 is 80.8 Å². The van der Waals surface area contributed by atoms with Gasteiger partial charge in [-0.15, -0.1) is 0 Å². The maximum absolute atomic E-state index is 13.7. The molecule has 3 amide bonds. The summed E-state index contributed by atoms with van der Waals surface area (Å²) in [7, 11) is -1.99. The standard InChI is InChI=1S/C24H30Cl2N4O3Si.C18H16Cl2N4O3.C18H15ClN4O3.C14H18N2O.C11H10BrNO.C9H7Br/c1-24(2,3)34(4,5)33-11-10-30(23(31)20-21(25)27-15-28-22(20)26)17-6-7-19-16(12-17)8-9-29(19)18-13-32-14-18;19-16-15(17(20)22-10-21-16)18(26)24(5-6-25)12-1-2-14-11(7-12)3-4-23(14)13-8-27-9-13;19-16-15-17(21-10-20-16)26-6-5-23(18(15)24)12-1-2-14-11(7-12)3-4-22(14)13-8-25-9-13;1-2-6-15-12-3-4-14-11(8-12)5-7-16(14)13-9-17-10-13;12-9-1-2-11-8(5-9)3-4-13(11)10-6-14-7-10;10-9-5-4-7-2-1-3-8(7)6-9/h6-9,12,15,18H,10-11,13-14H2,1-5H3;1-4,7,10,13,25H,5-6,8-9H2;1-4,7,10,13H,5-6,8-9H2;3-5,7-8,13,15H,2,6,9-10H2,1H3;1-5,10H,6-7H2;1,3-6H,2H2. The molecule has 0 atom stereocenters. The fourth-order valence-corrected chi connectivity index (χ4v) is 18.4. The third-order valence-corrected chi connectivity index (χ3v) is 30.9. The highest BCUT2D eigenvalue weighted by atomic mass is 79.9. The van der Waals surface area contributed by atoms with Gasteiger partial charge in [0.2, 0.25) is 5.88 Å². The minimum Gasteiger partial charge on any atom is -0.475 e. The van der Waals surface area contributed by atoms with Crippen LogP contribution in [0.4, 0.5) is 22.7 Å². The highest BCUT2D eigenvalue weighted by Gasteiger charge is 2.38. The topological polar surface area (TPSA) is 260 Å². The van der Waals surface area contributed by atoms with Gasteiger partial charge in [-0.05, 0) is 176 Å². The predicted octanol–water partition coefficient (Wildman–Crippen LogP) is 20.6. The number of hydrogen-bond donors (Lipinski definition) is 2. The zero-order chi connectivity index (χ0) is 89.5. The van der Waals surface area contributed by atoms with Crippen molar-refractivity contribution in [3.63, 3.8) is 0 Å². The molecular weight excluding hydrogens is 1880 g/mol. The summed E-state index contributed by atoms with van der Waals surface area (Å²) in [5.41, 5.74) is 12.3. The van der Waals surface area contributed by atoms with E-state index in [4.69, 9.17) is 90.9 Å². The van der Waals surface area contributed by atoms with Crippen LogP contribution >= 0.6 is 89.9 Å². The summed E-state index contributed by atoms with van der Waals surface area (Å²) in [4.78, 5) is 67.9. The molecule has 0 unspecified atom stereocenters. The number of aromatic nitrogens is 11. The molecular formula is C94H96Br2Cl5N15O11Si. The number of nitrogens with zero attached hydrogens (tertiary/aromatic N) is 14. The second kappa shape index (κ2) is 40.8. The van der Waals surface area contributed by atoms with E-state index in [1.165, 1.54) is 62.5 Å². The minimum absolute atomic E-state index is 0.0126. The van der Waals surface area contributed by atoms with Crippen molar-refractivity contribution in [2.45, 2.75) is 88.9 Å². The fourth-order valence-electron chi connectivity index (χ4n) is 15.4. The lowest BCUT2D eigenvalue weighted by molar-refractivity contribution is -0.0214. The fraction of sp³-hybridized carbons (Fsp3) is 0.330. The molecule has 6 aliphatic heterocycles. The Morgan fingerprint density at radius 2 is 0.938 bits per heavy atom. The largest absolute Gasteiger partial charge is 0.475 e. The first-order valence-corrected chi connectivity index (χ1v) is 48.7. The molecule has 8 aromatic heterocycles. The van der Waals surface area contributed by atoms with Crippen molar-refractivity contribution in [1.82, 2.24) is 52.7 Å². The second-order valence-corrected chi connectivity index (χ2v) is 41.6. The first-order chi connectivity index (χ1) is 61.9. The summed E-state index contributed by atoms with van der Waals surface area (Å²) >= 11 is 37.6. The SMILES string of the molecule is Brc1ccc2c(c1)C=CC2.Brc1ccc2c(ccn2C2COC2)c1.CC(C)(C)[Si](C)(C)OCCN(C(=O)c1c(Cl)ncnc1Cl)c1ccc2c(ccn2C2COC2)c1.CCCNc1ccc2c(ccn2C2COC2)c1.O=C(c1c(Cl)ncnc1Cl)N(CCO)c1ccc2c(ccn2C2COC2)c1.O=C1c2c(Cl)ncnc2OCCN1c1ccc2c(ccn2C2COC2)c1. The van der Waals surface area contributed by atoms with Crippen LogP contribution in [0.25, 0.3) is 60.6 Å². The predicted molar refractivity (Wildman–Crippen MR) is 514 cm³/mol. The molecule has 0 saturated carbocycles. The molecule has 7 aliphatic rings. The highest BCUT2D eigenvalue weighted by Crippen LogP contribution is 2.40. The van der Waals surface area contributed by atoms with Crippen LogP contribution < -0.4 is 24.8 Å². The number of anilines is 4. The van der Waals surface area contributed by atoms with Crippen molar-refractivity contribution in [3.05, 3.63) is 258 Å². The second-order valence-electron chi connectivity index (χ2n) is 33.2. The summed E-state index contributed by atoms with van der Waals surface area (Å²) in [5, 5.41) is 18.7. The average molecular weight is 1980 g/mol. The number of rotatable bonds is 19. The maximum Gasteiger partial charge on any atom is 0.267 e. The third kappa shape index (κ3) is 20.3. The van der Waals surface area contributed by atoms with Gasteiger partial charge in [-0.1, -0.05) is 136 Å². The number of aliphatic hydroxyl groups excluding tert-OH is 1. The zero-order valence-corrected chi connectivity index (χ0v) is 79.3. The minimum atomic E-state index is -1.99. The van der Waals surface area contributed by atoms with Crippen molar-refractivity contribution in [2.24, 2.45) is 0 Å². The number of carbonyl (C=O) groups is 3. The number of carbonyl (C=O) groups excluding carboxylic acids is 3. The third-order valence-electron chi connectivity index (χ3n) is 24.0. The monoisotopic (exact) mass is 1970 g/mol. The Bertz CT molecular complexity index is 6360. The van der Waals surface area contributed by atoms with Crippen LogP contribution in [-0.2, 0) is 34.5 Å². The Labute approximate surface area is 783 Å². The molecule has 34 heteroatoms. The number of halogens is 7. The van der Waals surface area contributed by atoms with Gasteiger partial charge in [0.25, 0.3) is 17.7 Å². The first kappa shape index (κ1) is 91.7. The number of fused-ring (bicyclic) bond motifs is 7. The normalized spacial score (nSPS) is 15.6. The molecule has 21 rings (SSSR count). The van der Waals surface area contributed by atoms with Crippen molar-refractivity contribution in [2.75, 3.05) is 132 Å². The van der Waals surface area contributed by atoms with Crippen molar-refractivity contribution >= 4 is 199 Å². The molecule has 1 aliphatic carbocycles. The quantitative estimate of drug-likeness (QED) is 0.0563. The van der Waals surface area contributed by atoms with E-state index < -0.39 is 14.2 Å². The Kier molecular flexibility index (Phi) is 29.2. The summed E-state index contributed by atoms with van der Waals surface area (Å²) in [6.45, 7) is 23.2. The lowest BCUT2D eigenvalue weighted by Gasteiger charge is -2.37. The zero-order valence-electron chi connectivity index (χ0n) is 71.3. The molecule has 666 valence electrons. The van der Waals surface area contributed by atoms with E-state index in [-0.39, 0.29) is 78.3 Å². The van der Waals surface area contributed by atoms with E-state index in [1.54, 1.807) is 9.80 Å². The maximum atomic E-state index is 13.7. The molecule has 128 heavy (non-hydrogen) atoms. The van der Waals surface area contributed by atoms with Gasteiger partial charge in [0, 0.05) is 137 Å². The molecule has 14 aromatic rings. The summed E-state index contributed by atoms with van der Waals surface area (Å²) in [5.74, 6) is -0.851. The molecule has 26 nitrogen and oxygen atoms in total. The molecule has 5 saturated heterocycles. The van der Waals surface area contributed by atoms with Crippen molar-refractivity contribution in [1.29, 1.82) is 0 Å². The van der Waals surface area contributed by atoms with Gasteiger partial charge in [-0.3, -0.25) is 14.4 Å². The first-order valence-electron chi connectivity index (χ1n) is 42.3. The number of allylic oxidation sites excluding steroid dienone is 1. The highest BCUT2D eigenvalue weighted by molar-refractivity contribution is 9.10. The molecule has 6 aromatic carbocycles. The smallest absolute Gasteiger partial charge is 0.267 e. The Balaban J connectivity index is 0.000000117. The van der Waals surface area contributed by atoms with E-state index in [0.29, 0.717) is 88.6 Å². The van der Waals surface area contributed by atoms with E-state index in [2.05, 4.69) is 247 Å². The van der Waals surface area contributed by atoms with Crippen LogP contribution in [0.5, 0.6) is 5.88 Å². The number of hydrogen-bond acceptors (Lipinski definition) is 18. The summed E-state index contributed by atoms with van der Waals surface area (Å²) in [6.07, 6.45) is 20.8. The summed E-state index contributed by atoms with van der Waals surface area (Å²) < 4.78 is 51.8. The van der Waals surface area contributed by atoms with Gasteiger partial charge in [-0.25, -0.2) is 29.9 Å². The van der Waals surface area contributed by atoms with Gasteiger partial charge >= 0.3 is 0 Å². The van der Waals surface area contributed by atoms with Gasteiger partial charge in [-0.2, -0.15) is 0 Å². The Morgan fingerprint density at radius 1 is 0.523 bits per heavy atom. The molecule has 0 radical (unpaired) electrons. The number of nitrogens with one attached hydrogen (secondary N) is 1. The van der Waals surface area contributed by atoms with Crippen LogP contribution in [0.3, 0.4) is 0 Å². The summed E-state index contributed by atoms with van der Waals surface area (Å²) in [6, 6.07) is 49.6. The Morgan fingerprint density at radius 3 is 1.40 bits per heavy atom. The van der Waals surface area contributed by atoms with Gasteiger partial charge in [0.05, 0.1) is 116 Å². The molecule has 14 heterocycles. The van der Waals surface area contributed by atoms with Crippen LogP contribution in [-0.4, -0.2) is 196 Å².